The molecule has 0 aromatic carbocycles. The van der Waals surface area contributed by atoms with Gasteiger partial charge < -0.3 is 4.74 Å². The Bertz CT molecular complexity index is 402. The van der Waals surface area contributed by atoms with Gasteiger partial charge in [-0.1, -0.05) is 72.0 Å². The molecule has 0 amide bonds. The number of rotatable bonds is 10. The molecule has 0 atom stereocenters. The fraction of sp³-hybridized carbons (Fsp3) is 0.750. The first-order valence-electron chi connectivity index (χ1n) is 9.10. The summed E-state index contributed by atoms with van der Waals surface area (Å²) >= 11 is 0. The summed E-state index contributed by atoms with van der Waals surface area (Å²) in [6.45, 7) is 9.28. The number of cyclic esters (lactones) is 1. The van der Waals surface area contributed by atoms with Gasteiger partial charge in [-0.3, -0.25) is 0 Å². The molecule has 1 heterocycles. The Kier molecular flexibility index (Phi) is 8.52. The van der Waals surface area contributed by atoms with E-state index in [-0.39, 0.29) is 11.4 Å². The predicted molar refractivity (Wildman–Crippen MR) is 93.8 cm³/mol. The highest BCUT2D eigenvalue weighted by Crippen LogP contribution is 2.36. The van der Waals surface area contributed by atoms with Crippen LogP contribution in [0.15, 0.2) is 23.3 Å². The first-order chi connectivity index (χ1) is 10.5. The van der Waals surface area contributed by atoms with Crippen LogP contribution in [0.25, 0.3) is 0 Å². The third kappa shape index (κ3) is 5.98. The third-order valence-electron chi connectivity index (χ3n) is 4.40. The smallest absolute Gasteiger partial charge is 0.334 e. The molecule has 1 rings (SSSR count). The van der Waals surface area contributed by atoms with Crippen LogP contribution in [0.3, 0.4) is 0 Å². The molecule has 0 N–H and O–H groups in total. The Labute approximate surface area is 137 Å². The quantitative estimate of drug-likeness (QED) is 0.367. The molecule has 2 nitrogen and oxygen atoms in total. The van der Waals surface area contributed by atoms with Crippen molar-refractivity contribution >= 4 is 5.97 Å². The number of esters is 1. The number of carbonyl (C=O) groups is 1. The van der Waals surface area contributed by atoms with Crippen LogP contribution >= 0.6 is 0 Å². The number of allylic oxidation sites excluding steroid dienone is 2. The lowest BCUT2D eigenvalue weighted by Gasteiger charge is -2.33. The topological polar surface area (TPSA) is 26.3 Å². The molecule has 0 saturated heterocycles. The van der Waals surface area contributed by atoms with Crippen molar-refractivity contribution in [3.63, 3.8) is 0 Å². The van der Waals surface area contributed by atoms with Gasteiger partial charge in [-0.05, 0) is 31.3 Å². The molecule has 0 aromatic rings. The van der Waals surface area contributed by atoms with Gasteiger partial charge in [0.25, 0.3) is 0 Å². The summed E-state index contributed by atoms with van der Waals surface area (Å²) in [5.41, 5.74) is 2.06. The van der Waals surface area contributed by atoms with E-state index in [1.807, 2.05) is 0 Å². The molecule has 0 saturated carbocycles. The van der Waals surface area contributed by atoms with Gasteiger partial charge in [-0.2, -0.15) is 0 Å². The summed E-state index contributed by atoms with van der Waals surface area (Å²) in [4.78, 5) is 12.1. The van der Waals surface area contributed by atoms with E-state index in [9.17, 15) is 4.79 Å². The van der Waals surface area contributed by atoms with Crippen molar-refractivity contribution in [2.45, 2.75) is 85.5 Å². The van der Waals surface area contributed by atoms with Crippen LogP contribution in [0.2, 0.25) is 0 Å². The molecule has 0 bridgehead atoms. The normalized spacial score (nSPS) is 18.1. The van der Waals surface area contributed by atoms with E-state index in [1.54, 1.807) is 0 Å². The molecule has 1 aliphatic rings. The van der Waals surface area contributed by atoms with Crippen LogP contribution in [0.4, 0.5) is 0 Å². The molecule has 0 radical (unpaired) electrons. The zero-order chi connectivity index (χ0) is 16.4. The second kappa shape index (κ2) is 9.86. The van der Waals surface area contributed by atoms with E-state index in [4.69, 9.17) is 4.74 Å². The summed E-state index contributed by atoms with van der Waals surface area (Å²) < 4.78 is 5.40. The van der Waals surface area contributed by atoms with Crippen LogP contribution in [0, 0.1) is 5.41 Å². The van der Waals surface area contributed by atoms with Crippen molar-refractivity contribution < 1.29 is 9.53 Å². The maximum absolute atomic E-state index is 12.1. The van der Waals surface area contributed by atoms with Crippen molar-refractivity contribution in [1.29, 1.82) is 0 Å². The van der Waals surface area contributed by atoms with E-state index in [1.165, 1.54) is 44.1 Å². The van der Waals surface area contributed by atoms with Crippen LogP contribution in [0.1, 0.15) is 85.5 Å². The number of unbranched alkanes of at least 4 members (excludes halogenated alkanes) is 6. The monoisotopic (exact) mass is 306 g/mol. The van der Waals surface area contributed by atoms with E-state index in [0.29, 0.717) is 6.61 Å². The Hall–Kier alpha value is -1.05. The summed E-state index contributed by atoms with van der Waals surface area (Å²) in [5.74, 6) is -0.0962. The molecule has 0 aliphatic carbocycles. The van der Waals surface area contributed by atoms with Gasteiger partial charge in [0.1, 0.15) is 6.61 Å². The van der Waals surface area contributed by atoms with Crippen molar-refractivity contribution in [3.05, 3.63) is 23.3 Å². The van der Waals surface area contributed by atoms with E-state index in [0.717, 1.165) is 24.8 Å². The Morgan fingerprint density at radius 1 is 1.05 bits per heavy atom. The van der Waals surface area contributed by atoms with Gasteiger partial charge in [0.05, 0.1) is 0 Å². The fourth-order valence-corrected chi connectivity index (χ4v) is 2.93. The standard InChI is InChI=1S/C20H34O2/c1-5-7-9-10-11-13-15-18-17(14-12-8-6-2)19(21)22-16-20(18,3)4/h13,15H,5-12,14,16H2,1-4H3/b15-13+. The zero-order valence-corrected chi connectivity index (χ0v) is 15.0. The van der Waals surface area contributed by atoms with Crippen LogP contribution < -0.4 is 0 Å². The van der Waals surface area contributed by atoms with Crippen molar-refractivity contribution in [2.75, 3.05) is 6.61 Å². The maximum Gasteiger partial charge on any atom is 0.334 e. The maximum atomic E-state index is 12.1. The Morgan fingerprint density at radius 3 is 2.41 bits per heavy atom. The summed E-state index contributed by atoms with van der Waals surface area (Å²) in [6, 6.07) is 0. The molecule has 126 valence electrons. The lowest BCUT2D eigenvalue weighted by atomic mass is 9.79. The average Bonchev–Trinajstić information content (AvgIpc) is 2.48. The highest BCUT2D eigenvalue weighted by Gasteiger charge is 2.33. The fourth-order valence-electron chi connectivity index (χ4n) is 2.93. The van der Waals surface area contributed by atoms with Gasteiger partial charge in [0.2, 0.25) is 0 Å². The van der Waals surface area contributed by atoms with Crippen LogP contribution in [-0.2, 0) is 9.53 Å². The predicted octanol–water partition coefficient (Wildman–Crippen LogP) is 5.97. The minimum atomic E-state index is -0.0962. The first-order valence-corrected chi connectivity index (χ1v) is 9.10. The van der Waals surface area contributed by atoms with E-state index < -0.39 is 0 Å². The molecule has 2 heteroatoms. The number of ether oxygens (including phenoxy) is 1. The number of hydrogen-bond donors (Lipinski definition) is 0. The third-order valence-corrected chi connectivity index (χ3v) is 4.40. The summed E-state index contributed by atoms with van der Waals surface area (Å²) in [5, 5.41) is 0. The molecule has 0 aromatic heterocycles. The zero-order valence-electron chi connectivity index (χ0n) is 15.0. The number of hydrogen-bond acceptors (Lipinski definition) is 2. The molecular weight excluding hydrogens is 272 g/mol. The van der Waals surface area contributed by atoms with Gasteiger partial charge >= 0.3 is 5.97 Å². The second-order valence-electron chi connectivity index (χ2n) is 7.06. The molecule has 1 aliphatic heterocycles. The first kappa shape index (κ1) is 19.0. The summed E-state index contributed by atoms with van der Waals surface area (Å²) in [6.07, 6.45) is 15.0. The van der Waals surface area contributed by atoms with Gasteiger partial charge in [0.15, 0.2) is 0 Å². The minimum absolute atomic E-state index is 0.0601. The molecule has 0 spiro atoms. The van der Waals surface area contributed by atoms with Crippen molar-refractivity contribution in [1.82, 2.24) is 0 Å². The highest BCUT2D eigenvalue weighted by molar-refractivity contribution is 5.91. The van der Waals surface area contributed by atoms with Gasteiger partial charge in [-0.15, -0.1) is 0 Å². The second-order valence-corrected chi connectivity index (χ2v) is 7.06. The Balaban J connectivity index is 2.76. The number of carbonyl (C=O) groups excluding carboxylic acids is 1. The van der Waals surface area contributed by atoms with Crippen LogP contribution in [0.5, 0.6) is 0 Å². The molecular formula is C20H34O2. The SMILES string of the molecule is CCCCCC/C=C/C1=C(CCCCC)C(=O)OCC1(C)C. The van der Waals surface area contributed by atoms with Crippen LogP contribution in [-0.4, -0.2) is 12.6 Å². The summed E-state index contributed by atoms with van der Waals surface area (Å²) in [7, 11) is 0. The molecule has 0 fully saturated rings. The minimum Gasteiger partial charge on any atom is -0.461 e. The molecule has 22 heavy (non-hydrogen) atoms. The largest absolute Gasteiger partial charge is 0.461 e. The van der Waals surface area contributed by atoms with Crippen molar-refractivity contribution in [2.24, 2.45) is 5.41 Å². The van der Waals surface area contributed by atoms with E-state index >= 15 is 0 Å². The average molecular weight is 306 g/mol. The van der Waals surface area contributed by atoms with Gasteiger partial charge in [-0.25, -0.2) is 4.79 Å². The van der Waals surface area contributed by atoms with Gasteiger partial charge in [0, 0.05) is 11.0 Å². The molecule has 0 unspecified atom stereocenters. The van der Waals surface area contributed by atoms with Crippen molar-refractivity contribution in [3.8, 4) is 0 Å². The Morgan fingerprint density at radius 2 is 1.73 bits per heavy atom. The van der Waals surface area contributed by atoms with E-state index in [2.05, 4.69) is 39.8 Å². The lowest BCUT2D eigenvalue weighted by molar-refractivity contribution is -0.143. The highest BCUT2D eigenvalue weighted by atomic mass is 16.5. The lowest BCUT2D eigenvalue weighted by Crippen LogP contribution is -2.31.